The largest absolute Gasteiger partial charge is 0.323 e. The lowest BCUT2D eigenvalue weighted by atomic mass is 10.4. The second-order valence-electron chi connectivity index (χ2n) is 3.17. The van der Waals surface area contributed by atoms with Crippen LogP contribution in [-0.4, -0.2) is 15.7 Å². The molecule has 1 aromatic rings. The molecule has 4 heteroatoms. The number of hydrogen-bond acceptors (Lipinski definition) is 2. The Balaban J connectivity index is 1.98. The van der Waals surface area contributed by atoms with Crippen LogP contribution in [-0.2, 0) is 11.8 Å². The monoisotopic (exact) mass is 165 g/mol. The minimum atomic E-state index is 0.128. The predicted molar refractivity (Wildman–Crippen MR) is 44.6 cm³/mol. The summed E-state index contributed by atoms with van der Waals surface area (Å²) in [5.41, 5.74) is 0.786. The summed E-state index contributed by atoms with van der Waals surface area (Å²) in [6.45, 7) is 0. The summed E-state index contributed by atoms with van der Waals surface area (Å²) in [7, 11) is 1.83. The summed E-state index contributed by atoms with van der Waals surface area (Å²) in [5.74, 6) is 0.383. The number of nitrogens with one attached hydrogen (secondary N) is 1. The molecule has 0 spiro atoms. The lowest BCUT2D eigenvalue weighted by Gasteiger charge is -1.97. The molecule has 1 heterocycles. The maximum Gasteiger partial charge on any atom is 0.227 e. The van der Waals surface area contributed by atoms with E-state index in [-0.39, 0.29) is 11.8 Å². The van der Waals surface area contributed by atoms with Crippen molar-refractivity contribution in [2.75, 3.05) is 5.32 Å². The van der Waals surface area contributed by atoms with E-state index < -0.39 is 0 Å². The maximum atomic E-state index is 11.2. The second kappa shape index (κ2) is 2.62. The normalized spacial score (nSPS) is 16.1. The van der Waals surface area contributed by atoms with Gasteiger partial charge in [0.15, 0.2) is 0 Å². The van der Waals surface area contributed by atoms with E-state index in [9.17, 15) is 4.79 Å². The third-order valence-corrected chi connectivity index (χ3v) is 1.92. The van der Waals surface area contributed by atoms with Crippen LogP contribution in [0.2, 0.25) is 0 Å². The molecule has 12 heavy (non-hydrogen) atoms. The van der Waals surface area contributed by atoms with Gasteiger partial charge in [0.1, 0.15) is 0 Å². The number of anilines is 1. The number of amides is 1. The Morgan fingerprint density at radius 1 is 1.75 bits per heavy atom. The van der Waals surface area contributed by atoms with Gasteiger partial charge in [0.2, 0.25) is 5.91 Å². The number of aryl methyl sites for hydroxylation is 1. The number of hydrogen-bond donors (Lipinski definition) is 1. The average Bonchev–Trinajstić information content (AvgIpc) is 2.78. The van der Waals surface area contributed by atoms with Crippen LogP contribution < -0.4 is 5.32 Å². The van der Waals surface area contributed by atoms with Gasteiger partial charge in [-0.1, -0.05) is 0 Å². The molecule has 4 nitrogen and oxygen atoms in total. The first-order chi connectivity index (χ1) is 5.75. The molecule has 0 atom stereocenters. The van der Waals surface area contributed by atoms with Gasteiger partial charge in [0.05, 0.1) is 11.9 Å². The van der Waals surface area contributed by atoms with Crippen LogP contribution in [0, 0.1) is 5.92 Å². The van der Waals surface area contributed by atoms with Gasteiger partial charge in [0, 0.05) is 19.2 Å². The molecule has 1 aromatic heterocycles. The number of aromatic nitrogens is 2. The minimum Gasteiger partial charge on any atom is -0.323 e. The molecule has 1 saturated carbocycles. The van der Waals surface area contributed by atoms with E-state index in [1.807, 2.05) is 7.05 Å². The Morgan fingerprint density at radius 2 is 2.50 bits per heavy atom. The Labute approximate surface area is 70.6 Å². The summed E-state index contributed by atoms with van der Waals surface area (Å²) in [4.78, 5) is 11.2. The molecular formula is C8H11N3O. The Bertz CT molecular complexity index is 301. The molecule has 0 aliphatic heterocycles. The van der Waals surface area contributed by atoms with Gasteiger partial charge < -0.3 is 5.32 Å². The third kappa shape index (κ3) is 1.47. The van der Waals surface area contributed by atoms with Gasteiger partial charge in [-0.05, 0) is 12.8 Å². The van der Waals surface area contributed by atoms with Crippen LogP contribution in [0.5, 0.6) is 0 Å². The van der Waals surface area contributed by atoms with Gasteiger partial charge in [0.25, 0.3) is 0 Å². The first-order valence-electron chi connectivity index (χ1n) is 4.05. The smallest absolute Gasteiger partial charge is 0.227 e. The SMILES string of the molecule is Cn1cc(NC(=O)C2CC2)cn1. The van der Waals surface area contributed by atoms with E-state index in [1.165, 1.54) is 0 Å². The molecule has 0 radical (unpaired) electrons. The number of rotatable bonds is 2. The first kappa shape index (κ1) is 7.34. The molecule has 0 saturated heterocycles. The fraction of sp³-hybridized carbons (Fsp3) is 0.500. The number of nitrogens with zero attached hydrogens (tertiary/aromatic N) is 2. The van der Waals surface area contributed by atoms with Crippen molar-refractivity contribution in [3.8, 4) is 0 Å². The van der Waals surface area contributed by atoms with Gasteiger partial charge in [-0.15, -0.1) is 0 Å². The van der Waals surface area contributed by atoms with Crippen molar-refractivity contribution in [2.45, 2.75) is 12.8 Å². The van der Waals surface area contributed by atoms with Crippen molar-refractivity contribution in [3.05, 3.63) is 12.4 Å². The third-order valence-electron chi connectivity index (χ3n) is 1.92. The standard InChI is InChI=1S/C8H11N3O/c1-11-5-7(4-9-11)10-8(12)6-2-3-6/h4-6H,2-3H2,1H3,(H,10,12). The van der Waals surface area contributed by atoms with Crippen molar-refractivity contribution in [3.63, 3.8) is 0 Å². The first-order valence-corrected chi connectivity index (χ1v) is 4.05. The van der Waals surface area contributed by atoms with Gasteiger partial charge in [-0.2, -0.15) is 5.10 Å². The van der Waals surface area contributed by atoms with E-state index in [2.05, 4.69) is 10.4 Å². The quantitative estimate of drug-likeness (QED) is 0.703. The average molecular weight is 165 g/mol. The summed E-state index contributed by atoms with van der Waals surface area (Å²) in [5, 5.41) is 6.75. The van der Waals surface area contributed by atoms with Crippen LogP contribution in [0.15, 0.2) is 12.4 Å². The van der Waals surface area contributed by atoms with E-state index in [0.29, 0.717) is 0 Å². The Hall–Kier alpha value is -1.32. The predicted octanol–water partition coefficient (Wildman–Crippen LogP) is 0.769. The van der Waals surface area contributed by atoms with Gasteiger partial charge >= 0.3 is 0 Å². The van der Waals surface area contributed by atoms with Crippen LogP contribution in [0.1, 0.15) is 12.8 Å². The fourth-order valence-corrected chi connectivity index (χ4v) is 1.08. The highest BCUT2D eigenvalue weighted by Gasteiger charge is 2.29. The zero-order chi connectivity index (χ0) is 8.55. The van der Waals surface area contributed by atoms with E-state index >= 15 is 0 Å². The van der Waals surface area contributed by atoms with Crippen molar-refractivity contribution in [1.82, 2.24) is 9.78 Å². The molecule has 0 unspecified atom stereocenters. The molecule has 0 aromatic carbocycles. The zero-order valence-electron chi connectivity index (χ0n) is 6.95. The highest BCUT2D eigenvalue weighted by molar-refractivity contribution is 5.93. The van der Waals surface area contributed by atoms with Gasteiger partial charge in [-0.25, -0.2) is 0 Å². The molecule has 64 valence electrons. The molecule has 1 aliphatic carbocycles. The Kier molecular flexibility index (Phi) is 1.60. The molecule has 1 aliphatic rings. The van der Waals surface area contributed by atoms with Crippen LogP contribution in [0.3, 0.4) is 0 Å². The zero-order valence-corrected chi connectivity index (χ0v) is 6.95. The van der Waals surface area contributed by atoms with E-state index in [0.717, 1.165) is 18.5 Å². The number of carbonyl (C=O) groups is 1. The fourth-order valence-electron chi connectivity index (χ4n) is 1.08. The summed E-state index contributed by atoms with van der Waals surface area (Å²) in [6, 6.07) is 0. The molecule has 1 fully saturated rings. The van der Waals surface area contributed by atoms with Crippen LogP contribution >= 0.6 is 0 Å². The van der Waals surface area contributed by atoms with Gasteiger partial charge in [-0.3, -0.25) is 9.48 Å². The maximum absolute atomic E-state index is 11.2. The second-order valence-corrected chi connectivity index (χ2v) is 3.17. The van der Waals surface area contributed by atoms with Crippen molar-refractivity contribution >= 4 is 11.6 Å². The topological polar surface area (TPSA) is 46.9 Å². The lowest BCUT2D eigenvalue weighted by molar-refractivity contribution is -0.117. The molecule has 2 rings (SSSR count). The summed E-state index contributed by atoms with van der Waals surface area (Å²) >= 11 is 0. The molecular weight excluding hydrogens is 154 g/mol. The highest BCUT2D eigenvalue weighted by atomic mass is 16.2. The molecule has 1 N–H and O–H groups in total. The van der Waals surface area contributed by atoms with Crippen molar-refractivity contribution < 1.29 is 4.79 Å². The van der Waals surface area contributed by atoms with Crippen LogP contribution in [0.4, 0.5) is 5.69 Å². The highest BCUT2D eigenvalue weighted by Crippen LogP contribution is 2.29. The van der Waals surface area contributed by atoms with E-state index in [1.54, 1.807) is 17.1 Å². The van der Waals surface area contributed by atoms with Crippen LogP contribution in [0.25, 0.3) is 0 Å². The van der Waals surface area contributed by atoms with E-state index in [4.69, 9.17) is 0 Å². The minimum absolute atomic E-state index is 0.128. The number of carbonyl (C=O) groups excluding carboxylic acids is 1. The Morgan fingerprint density at radius 3 is 3.00 bits per heavy atom. The van der Waals surface area contributed by atoms with Crippen molar-refractivity contribution in [2.24, 2.45) is 13.0 Å². The molecule has 1 amide bonds. The summed E-state index contributed by atoms with van der Waals surface area (Å²) in [6.07, 6.45) is 5.51. The summed E-state index contributed by atoms with van der Waals surface area (Å²) < 4.78 is 1.67. The molecule has 0 bridgehead atoms. The lowest BCUT2D eigenvalue weighted by Crippen LogP contribution is -2.12. The van der Waals surface area contributed by atoms with Crippen molar-refractivity contribution in [1.29, 1.82) is 0 Å².